The number of amides is 1. The zero-order valence-electron chi connectivity index (χ0n) is 15.4. The fourth-order valence-electron chi connectivity index (χ4n) is 2.78. The molecule has 0 aliphatic heterocycles. The van der Waals surface area contributed by atoms with Crippen LogP contribution in [0, 0.1) is 0 Å². The first kappa shape index (κ1) is 18.8. The van der Waals surface area contributed by atoms with Crippen molar-refractivity contribution in [2.75, 3.05) is 20.7 Å². The Balaban J connectivity index is 2.27. The third-order valence-corrected chi connectivity index (χ3v) is 4.24. The maximum Gasteiger partial charge on any atom is 0.414 e. The highest BCUT2D eigenvalue weighted by Gasteiger charge is 2.17. The highest BCUT2D eigenvalue weighted by atomic mass is 16.6. The number of aryl methyl sites for hydroxylation is 2. The molecule has 1 aromatic carbocycles. The monoisotopic (exact) mass is 346 g/mol. The Morgan fingerprint density at radius 3 is 2.72 bits per heavy atom. The van der Waals surface area contributed by atoms with Crippen LogP contribution in [-0.4, -0.2) is 42.2 Å². The van der Waals surface area contributed by atoms with Crippen molar-refractivity contribution in [1.29, 1.82) is 0 Å². The molecule has 2 rings (SSSR count). The summed E-state index contributed by atoms with van der Waals surface area (Å²) in [6.07, 6.45) is 4.36. The quantitative estimate of drug-likeness (QED) is 0.720. The molecule has 0 fully saturated rings. The Morgan fingerprint density at radius 2 is 2.04 bits per heavy atom. The molecule has 2 aromatic rings. The van der Waals surface area contributed by atoms with Crippen molar-refractivity contribution in [3.05, 3.63) is 30.0 Å². The molecule has 1 aromatic heterocycles. The van der Waals surface area contributed by atoms with Crippen LogP contribution in [0.15, 0.2) is 24.4 Å². The first-order chi connectivity index (χ1) is 12.0. The zero-order chi connectivity index (χ0) is 18.4. The number of carbonyl (C=O) groups excluding carboxylic acids is 2. The van der Waals surface area contributed by atoms with E-state index in [2.05, 4.69) is 6.92 Å². The van der Waals surface area contributed by atoms with Gasteiger partial charge in [0.05, 0.1) is 12.6 Å². The lowest BCUT2D eigenvalue weighted by atomic mass is 10.1. The summed E-state index contributed by atoms with van der Waals surface area (Å²) < 4.78 is 12.3. The molecule has 136 valence electrons. The number of ether oxygens (including phenoxy) is 2. The van der Waals surface area contributed by atoms with Crippen LogP contribution in [-0.2, 0) is 23.0 Å². The van der Waals surface area contributed by atoms with Crippen LogP contribution >= 0.6 is 0 Å². The Morgan fingerprint density at radius 1 is 1.28 bits per heavy atom. The second-order valence-corrected chi connectivity index (χ2v) is 6.13. The lowest BCUT2D eigenvalue weighted by Crippen LogP contribution is -2.30. The summed E-state index contributed by atoms with van der Waals surface area (Å²) in [6, 6.07) is 5.62. The largest absolute Gasteiger partial charge is 0.469 e. The molecule has 0 radical (unpaired) electrons. The van der Waals surface area contributed by atoms with Gasteiger partial charge in [-0.15, -0.1) is 0 Å². The van der Waals surface area contributed by atoms with Gasteiger partial charge in [-0.05, 0) is 30.5 Å². The van der Waals surface area contributed by atoms with E-state index in [1.807, 2.05) is 29.9 Å². The van der Waals surface area contributed by atoms with Gasteiger partial charge in [0.2, 0.25) is 0 Å². The molecule has 0 spiro atoms. The molecule has 0 bridgehead atoms. The third kappa shape index (κ3) is 4.53. The molecule has 6 nitrogen and oxygen atoms in total. The number of hydrogen-bond acceptors (Lipinski definition) is 4. The van der Waals surface area contributed by atoms with Gasteiger partial charge < -0.3 is 18.9 Å². The Kier molecular flexibility index (Phi) is 6.44. The maximum absolute atomic E-state index is 12.3. The van der Waals surface area contributed by atoms with E-state index in [0.29, 0.717) is 18.7 Å². The third-order valence-electron chi connectivity index (χ3n) is 4.24. The SMILES string of the molecule is CCCCN(C)C(=O)Oc1cccc2c1c(CCC(=O)OC)cn2C. The van der Waals surface area contributed by atoms with E-state index in [-0.39, 0.29) is 18.5 Å². The van der Waals surface area contributed by atoms with Gasteiger partial charge in [0.1, 0.15) is 5.75 Å². The number of carbonyl (C=O) groups is 2. The highest BCUT2D eigenvalue weighted by molar-refractivity contribution is 5.92. The van der Waals surface area contributed by atoms with Gasteiger partial charge in [0.25, 0.3) is 0 Å². The molecule has 0 aliphatic rings. The van der Waals surface area contributed by atoms with Crippen molar-refractivity contribution >= 4 is 23.0 Å². The van der Waals surface area contributed by atoms with Crippen LogP contribution in [0.1, 0.15) is 31.7 Å². The molecule has 6 heteroatoms. The van der Waals surface area contributed by atoms with Gasteiger partial charge in [0, 0.05) is 38.6 Å². The molecule has 0 atom stereocenters. The number of aromatic nitrogens is 1. The predicted molar refractivity (Wildman–Crippen MR) is 96.8 cm³/mol. The maximum atomic E-state index is 12.3. The van der Waals surface area contributed by atoms with E-state index in [1.165, 1.54) is 7.11 Å². The molecule has 25 heavy (non-hydrogen) atoms. The van der Waals surface area contributed by atoms with Gasteiger partial charge in [0.15, 0.2) is 0 Å². The molecule has 0 saturated heterocycles. The van der Waals surface area contributed by atoms with Crippen LogP contribution < -0.4 is 4.74 Å². The van der Waals surface area contributed by atoms with E-state index in [4.69, 9.17) is 9.47 Å². The van der Waals surface area contributed by atoms with Crippen molar-refractivity contribution in [2.24, 2.45) is 7.05 Å². The number of unbranched alkanes of at least 4 members (excludes halogenated alkanes) is 1. The van der Waals surface area contributed by atoms with E-state index in [1.54, 1.807) is 18.0 Å². The second kappa shape index (κ2) is 8.55. The molecular formula is C19H26N2O4. The summed E-state index contributed by atoms with van der Waals surface area (Å²) in [5, 5.41) is 0.867. The smallest absolute Gasteiger partial charge is 0.414 e. The Bertz CT molecular complexity index is 751. The molecule has 1 heterocycles. The van der Waals surface area contributed by atoms with Gasteiger partial charge in [-0.25, -0.2) is 4.79 Å². The number of esters is 1. The molecule has 1 amide bonds. The van der Waals surface area contributed by atoms with E-state index in [9.17, 15) is 9.59 Å². The van der Waals surface area contributed by atoms with Crippen LogP contribution in [0.25, 0.3) is 10.9 Å². The Hall–Kier alpha value is -2.50. The van der Waals surface area contributed by atoms with Crippen molar-refractivity contribution in [1.82, 2.24) is 9.47 Å². The zero-order valence-corrected chi connectivity index (χ0v) is 15.4. The summed E-state index contributed by atoms with van der Waals surface area (Å²) >= 11 is 0. The fraction of sp³-hybridized carbons (Fsp3) is 0.474. The number of nitrogens with zero attached hydrogens (tertiary/aromatic N) is 2. The second-order valence-electron chi connectivity index (χ2n) is 6.13. The predicted octanol–water partition coefficient (Wildman–Crippen LogP) is 3.51. The highest BCUT2D eigenvalue weighted by Crippen LogP contribution is 2.31. The van der Waals surface area contributed by atoms with Crippen LogP contribution in [0.4, 0.5) is 4.79 Å². The van der Waals surface area contributed by atoms with Crippen LogP contribution in [0.2, 0.25) is 0 Å². The lowest BCUT2D eigenvalue weighted by Gasteiger charge is -2.17. The summed E-state index contributed by atoms with van der Waals surface area (Å²) in [5.74, 6) is 0.261. The van der Waals surface area contributed by atoms with Gasteiger partial charge in [-0.1, -0.05) is 19.4 Å². The van der Waals surface area contributed by atoms with E-state index >= 15 is 0 Å². The van der Waals surface area contributed by atoms with Crippen molar-refractivity contribution in [3.63, 3.8) is 0 Å². The van der Waals surface area contributed by atoms with Crippen LogP contribution in [0.5, 0.6) is 5.75 Å². The number of hydrogen-bond donors (Lipinski definition) is 0. The van der Waals surface area contributed by atoms with E-state index in [0.717, 1.165) is 29.3 Å². The van der Waals surface area contributed by atoms with Crippen molar-refractivity contribution < 1.29 is 19.1 Å². The Labute approximate surface area is 148 Å². The van der Waals surface area contributed by atoms with Gasteiger partial charge >= 0.3 is 12.1 Å². The fourth-order valence-corrected chi connectivity index (χ4v) is 2.78. The molecular weight excluding hydrogens is 320 g/mol. The van der Waals surface area contributed by atoms with Crippen molar-refractivity contribution in [3.8, 4) is 5.75 Å². The summed E-state index contributed by atoms with van der Waals surface area (Å²) in [7, 11) is 5.05. The number of fused-ring (bicyclic) bond motifs is 1. The minimum Gasteiger partial charge on any atom is -0.469 e. The number of benzene rings is 1. The average Bonchev–Trinajstić information content (AvgIpc) is 2.94. The lowest BCUT2D eigenvalue weighted by molar-refractivity contribution is -0.140. The molecule has 0 N–H and O–H groups in total. The standard InChI is InChI=1S/C19H26N2O4/c1-5-6-12-20(2)19(23)25-16-9-7-8-15-18(16)14(13-21(15)3)10-11-17(22)24-4/h7-9,13H,5-6,10-12H2,1-4H3. The number of rotatable bonds is 7. The van der Waals surface area contributed by atoms with Crippen molar-refractivity contribution in [2.45, 2.75) is 32.6 Å². The van der Waals surface area contributed by atoms with Gasteiger partial charge in [-0.2, -0.15) is 0 Å². The minimum atomic E-state index is -0.372. The number of methoxy groups -OCH3 is 1. The summed E-state index contributed by atoms with van der Waals surface area (Å²) in [5.41, 5.74) is 1.92. The molecule has 0 aliphatic carbocycles. The van der Waals surface area contributed by atoms with Crippen LogP contribution in [0.3, 0.4) is 0 Å². The first-order valence-corrected chi connectivity index (χ1v) is 8.54. The summed E-state index contributed by atoms with van der Waals surface area (Å²) in [6.45, 7) is 2.74. The molecule has 0 unspecified atom stereocenters. The topological polar surface area (TPSA) is 60.8 Å². The first-order valence-electron chi connectivity index (χ1n) is 8.54. The minimum absolute atomic E-state index is 0.259. The average molecular weight is 346 g/mol. The summed E-state index contributed by atoms with van der Waals surface area (Å²) in [4.78, 5) is 25.4. The normalized spacial score (nSPS) is 10.7. The van der Waals surface area contributed by atoms with Gasteiger partial charge in [-0.3, -0.25) is 4.79 Å². The molecule has 0 saturated carbocycles. The van der Waals surface area contributed by atoms with E-state index < -0.39 is 0 Å².